The van der Waals surface area contributed by atoms with E-state index in [2.05, 4.69) is 36.5 Å². The molecule has 3 N–H and O–H groups in total. The molecule has 2 unspecified atom stereocenters. The van der Waals surface area contributed by atoms with Crippen LogP contribution in [0.5, 0.6) is 0 Å². The van der Waals surface area contributed by atoms with Crippen LogP contribution in [0.1, 0.15) is 53.8 Å². The maximum absolute atomic E-state index is 12.8. The van der Waals surface area contributed by atoms with Crippen molar-refractivity contribution in [1.29, 1.82) is 0 Å². The molecule has 0 aliphatic rings. The first kappa shape index (κ1) is 18.2. The molecule has 4 nitrogen and oxygen atoms in total. The molecule has 3 aromatic rings. The minimum Gasteiger partial charge on any atom is -0.346 e. The van der Waals surface area contributed by atoms with Crippen LogP contribution < -0.4 is 11.1 Å². The summed E-state index contributed by atoms with van der Waals surface area (Å²) >= 11 is 0. The Kier molecular flexibility index (Phi) is 5.43. The van der Waals surface area contributed by atoms with Crippen LogP contribution in [0.4, 0.5) is 0 Å². The molecule has 2 atom stereocenters. The van der Waals surface area contributed by atoms with Crippen molar-refractivity contribution in [2.24, 2.45) is 12.8 Å². The molecule has 0 radical (unpaired) electrons. The van der Waals surface area contributed by atoms with Crippen LogP contribution in [-0.4, -0.2) is 17.0 Å². The lowest BCUT2D eigenvalue weighted by Crippen LogP contribution is -2.28. The quantitative estimate of drug-likeness (QED) is 0.703. The first-order valence-electron chi connectivity index (χ1n) is 9.20. The monoisotopic (exact) mass is 349 g/mol. The van der Waals surface area contributed by atoms with Crippen LogP contribution in [-0.2, 0) is 7.05 Å². The molecule has 0 bridgehead atoms. The molecule has 0 aliphatic heterocycles. The summed E-state index contributed by atoms with van der Waals surface area (Å²) in [5, 5.41) is 5.50. The number of aromatic nitrogens is 1. The molecular formula is C22H27N3O. The lowest BCUT2D eigenvalue weighted by molar-refractivity contribution is 0.0932. The van der Waals surface area contributed by atoms with Gasteiger partial charge in [-0.3, -0.25) is 4.79 Å². The van der Waals surface area contributed by atoms with E-state index in [-0.39, 0.29) is 11.9 Å². The van der Waals surface area contributed by atoms with Crippen molar-refractivity contribution >= 4 is 16.7 Å². The van der Waals surface area contributed by atoms with Gasteiger partial charge in [0.05, 0.1) is 6.04 Å². The molecule has 1 aromatic heterocycles. The Labute approximate surface area is 155 Å². The van der Waals surface area contributed by atoms with Crippen LogP contribution in [0, 0.1) is 0 Å². The second-order valence-corrected chi connectivity index (χ2v) is 6.87. The average molecular weight is 349 g/mol. The van der Waals surface area contributed by atoms with Gasteiger partial charge < -0.3 is 15.6 Å². The van der Waals surface area contributed by atoms with Crippen molar-refractivity contribution in [3.8, 4) is 0 Å². The van der Waals surface area contributed by atoms with Crippen molar-refractivity contribution in [2.75, 3.05) is 6.54 Å². The summed E-state index contributed by atoms with van der Waals surface area (Å²) in [6.45, 7) is 4.74. The highest BCUT2D eigenvalue weighted by Gasteiger charge is 2.18. The lowest BCUT2D eigenvalue weighted by atomic mass is 9.99. The topological polar surface area (TPSA) is 60.1 Å². The zero-order chi connectivity index (χ0) is 18.7. The minimum atomic E-state index is -0.0802. The highest BCUT2D eigenvalue weighted by Crippen LogP contribution is 2.25. The van der Waals surface area contributed by atoms with Gasteiger partial charge in [-0.1, -0.05) is 49.4 Å². The normalized spacial score (nSPS) is 13.5. The van der Waals surface area contributed by atoms with E-state index in [4.69, 9.17) is 5.73 Å². The Morgan fingerprint density at radius 3 is 2.65 bits per heavy atom. The molecule has 4 heteroatoms. The van der Waals surface area contributed by atoms with Crippen LogP contribution >= 0.6 is 0 Å². The zero-order valence-corrected chi connectivity index (χ0v) is 15.7. The van der Waals surface area contributed by atoms with Crippen molar-refractivity contribution in [3.63, 3.8) is 0 Å². The smallest absolute Gasteiger partial charge is 0.268 e. The third-order valence-electron chi connectivity index (χ3n) is 5.14. The van der Waals surface area contributed by atoms with E-state index in [1.165, 1.54) is 10.8 Å². The van der Waals surface area contributed by atoms with Crippen molar-refractivity contribution < 1.29 is 4.79 Å². The molecule has 2 aromatic carbocycles. The standard InChI is InChI=1S/C22H27N3O/c1-4-16(13-23)18-12-21(25(3)14-18)22(26)24-15(2)19-11-7-9-17-8-5-6-10-20(17)19/h5-12,14-16H,4,13,23H2,1-3H3,(H,24,26). The molecule has 1 amide bonds. The minimum absolute atomic E-state index is 0.0638. The van der Waals surface area contributed by atoms with E-state index in [0.29, 0.717) is 18.2 Å². The Morgan fingerprint density at radius 2 is 1.92 bits per heavy atom. The largest absolute Gasteiger partial charge is 0.346 e. The van der Waals surface area contributed by atoms with Crippen molar-refractivity contribution in [1.82, 2.24) is 9.88 Å². The summed E-state index contributed by atoms with van der Waals surface area (Å²) in [6.07, 6.45) is 2.98. The van der Waals surface area contributed by atoms with Crippen LogP contribution in [0.3, 0.4) is 0 Å². The first-order valence-corrected chi connectivity index (χ1v) is 9.20. The third kappa shape index (κ3) is 3.51. The molecule has 0 saturated heterocycles. The SMILES string of the molecule is CCC(CN)c1cc(C(=O)NC(C)c2cccc3ccccc23)n(C)c1. The molecule has 0 spiro atoms. The third-order valence-corrected chi connectivity index (χ3v) is 5.14. The average Bonchev–Trinajstić information content (AvgIpc) is 3.03. The number of nitrogens with one attached hydrogen (secondary N) is 1. The summed E-state index contributed by atoms with van der Waals surface area (Å²) in [5.74, 6) is 0.226. The van der Waals surface area contributed by atoms with Crippen molar-refractivity contribution in [3.05, 3.63) is 71.5 Å². The van der Waals surface area contributed by atoms with Crippen molar-refractivity contribution in [2.45, 2.75) is 32.2 Å². The van der Waals surface area contributed by atoms with Gasteiger partial charge >= 0.3 is 0 Å². The van der Waals surface area contributed by atoms with Crippen LogP contribution in [0.25, 0.3) is 10.8 Å². The van der Waals surface area contributed by atoms with E-state index in [1.807, 2.05) is 49.0 Å². The van der Waals surface area contributed by atoms with Gasteiger partial charge in [0.15, 0.2) is 0 Å². The van der Waals surface area contributed by atoms with E-state index in [0.717, 1.165) is 17.5 Å². The molecule has 3 rings (SSSR count). The van der Waals surface area contributed by atoms with Gasteiger partial charge in [0.1, 0.15) is 5.69 Å². The molecule has 136 valence electrons. The summed E-state index contributed by atoms with van der Waals surface area (Å²) in [5.41, 5.74) is 8.77. The fourth-order valence-corrected chi connectivity index (χ4v) is 3.55. The fraction of sp³-hybridized carbons (Fsp3) is 0.318. The maximum Gasteiger partial charge on any atom is 0.268 e. The predicted octanol–water partition coefficient (Wildman–Crippen LogP) is 4.12. The summed E-state index contributed by atoms with van der Waals surface area (Å²) < 4.78 is 1.89. The number of nitrogens with two attached hydrogens (primary N) is 1. The number of carbonyl (C=O) groups excluding carboxylic acids is 1. The Bertz CT molecular complexity index is 903. The summed E-state index contributed by atoms with van der Waals surface area (Å²) in [4.78, 5) is 12.8. The van der Waals surface area contributed by atoms with E-state index >= 15 is 0 Å². The summed E-state index contributed by atoms with van der Waals surface area (Å²) in [6, 6.07) is 16.3. The molecule has 0 aliphatic carbocycles. The second kappa shape index (κ2) is 7.75. The predicted molar refractivity (Wildman–Crippen MR) is 107 cm³/mol. The highest BCUT2D eigenvalue weighted by molar-refractivity contribution is 5.94. The van der Waals surface area contributed by atoms with E-state index in [9.17, 15) is 4.79 Å². The lowest BCUT2D eigenvalue weighted by Gasteiger charge is -2.17. The highest BCUT2D eigenvalue weighted by atomic mass is 16.2. The number of hydrogen-bond acceptors (Lipinski definition) is 2. The van der Waals surface area contributed by atoms with Gasteiger partial charge in [0.25, 0.3) is 5.91 Å². The molecule has 26 heavy (non-hydrogen) atoms. The molecule has 1 heterocycles. The second-order valence-electron chi connectivity index (χ2n) is 6.87. The van der Waals surface area contributed by atoms with Gasteiger partial charge in [-0.05, 0) is 53.8 Å². The Morgan fingerprint density at radius 1 is 1.19 bits per heavy atom. The number of fused-ring (bicyclic) bond motifs is 1. The van der Waals surface area contributed by atoms with Gasteiger partial charge in [-0.15, -0.1) is 0 Å². The number of amides is 1. The van der Waals surface area contributed by atoms with Gasteiger partial charge in [0, 0.05) is 13.2 Å². The number of nitrogens with zero attached hydrogens (tertiary/aromatic N) is 1. The maximum atomic E-state index is 12.8. The fourth-order valence-electron chi connectivity index (χ4n) is 3.55. The number of aryl methyl sites for hydroxylation is 1. The van der Waals surface area contributed by atoms with Gasteiger partial charge in [0.2, 0.25) is 0 Å². The zero-order valence-electron chi connectivity index (χ0n) is 15.7. The number of rotatable bonds is 6. The Balaban J connectivity index is 1.83. The van der Waals surface area contributed by atoms with E-state index in [1.54, 1.807) is 0 Å². The first-order chi connectivity index (χ1) is 12.5. The number of benzene rings is 2. The van der Waals surface area contributed by atoms with Crippen LogP contribution in [0.15, 0.2) is 54.7 Å². The van der Waals surface area contributed by atoms with Gasteiger partial charge in [-0.2, -0.15) is 0 Å². The van der Waals surface area contributed by atoms with Crippen LogP contribution in [0.2, 0.25) is 0 Å². The summed E-state index contributed by atoms with van der Waals surface area (Å²) in [7, 11) is 1.91. The van der Waals surface area contributed by atoms with Gasteiger partial charge in [-0.25, -0.2) is 0 Å². The molecule has 0 saturated carbocycles. The number of carbonyl (C=O) groups is 1. The molecular weight excluding hydrogens is 322 g/mol. The Hall–Kier alpha value is -2.59. The number of hydrogen-bond donors (Lipinski definition) is 2. The van der Waals surface area contributed by atoms with E-state index < -0.39 is 0 Å². The molecule has 0 fully saturated rings.